The number of hydrogen-bond acceptors (Lipinski definition) is 5. The van der Waals surface area contributed by atoms with E-state index in [4.69, 9.17) is 15.2 Å². The molecule has 5 nitrogen and oxygen atoms in total. The number of hydrogen-bond donors (Lipinski definition) is 1. The summed E-state index contributed by atoms with van der Waals surface area (Å²) in [7, 11) is 1.64. The van der Waals surface area contributed by atoms with Gasteiger partial charge in [0.15, 0.2) is 5.76 Å². The molecule has 0 spiro atoms. The maximum Gasteiger partial charge on any atom is 0.277 e. The second kappa shape index (κ2) is 10.3. The van der Waals surface area contributed by atoms with E-state index in [0.29, 0.717) is 17.9 Å². The number of methoxy groups -OCH3 is 1. The van der Waals surface area contributed by atoms with Crippen LogP contribution in [0, 0.1) is 0 Å². The van der Waals surface area contributed by atoms with Crippen molar-refractivity contribution in [3.05, 3.63) is 95.5 Å². The predicted octanol–water partition coefficient (Wildman–Crippen LogP) is 4.69. The zero-order valence-corrected chi connectivity index (χ0v) is 17.2. The van der Waals surface area contributed by atoms with Gasteiger partial charge in [0.2, 0.25) is 0 Å². The summed E-state index contributed by atoms with van der Waals surface area (Å²) in [5.74, 6) is 2.02. The van der Waals surface area contributed by atoms with Gasteiger partial charge in [-0.3, -0.25) is 4.79 Å². The third kappa shape index (κ3) is 6.01. The van der Waals surface area contributed by atoms with Gasteiger partial charge in [-0.25, -0.2) is 0 Å². The van der Waals surface area contributed by atoms with Crippen LogP contribution in [-0.4, -0.2) is 23.9 Å². The van der Waals surface area contributed by atoms with Crippen LogP contribution in [0.1, 0.15) is 11.1 Å². The Balaban J connectivity index is 1.70. The molecule has 1 aliphatic rings. The highest BCUT2D eigenvalue weighted by molar-refractivity contribution is 8.14. The fourth-order valence-corrected chi connectivity index (χ4v) is 3.48. The molecule has 2 aromatic carbocycles. The summed E-state index contributed by atoms with van der Waals surface area (Å²) in [4.78, 5) is 22.1. The highest BCUT2D eigenvalue weighted by atomic mass is 32.2. The molecule has 0 saturated heterocycles. The van der Waals surface area contributed by atoms with E-state index in [1.165, 1.54) is 0 Å². The van der Waals surface area contributed by atoms with Crippen molar-refractivity contribution < 1.29 is 19.1 Å². The van der Waals surface area contributed by atoms with Crippen molar-refractivity contribution >= 4 is 28.9 Å². The summed E-state index contributed by atoms with van der Waals surface area (Å²) < 4.78 is 11.2. The summed E-state index contributed by atoms with van der Waals surface area (Å²) in [6.45, 7) is 0. The maximum atomic E-state index is 11.1. The molecule has 30 heavy (non-hydrogen) atoms. The van der Waals surface area contributed by atoms with E-state index in [-0.39, 0.29) is 0 Å². The average molecular weight is 420 g/mol. The van der Waals surface area contributed by atoms with Crippen LogP contribution in [0.25, 0.3) is 5.57 Å². The first-order valence-corrected chi connectivity index (χ1v) is 10.1. The Labute approximate surface area is 179 Å². The van der Waals surface area contributed by atoms with Gasteiger partial charge in [0, 0.05) is 0 Å². The molecule has 0 heterocycles. The number of aldehydes is 1. The highest BCUT2D eigenvalue weighted by Gasteiger charge is 2.13. The summed E-state index contributed by atoms with van der Waals surface area (Å²) in [5.41, 5.74) is 11.2. The number of primary amides is 1. The minimum absolute atomic E-state index is 0.422. The van der Waals surface area contributed by atoms with E-state index in [9.17, 15) is 9.59 Å². The van der Waals surface area contributed by atoms with Gasteiger partial charge in [-0.05, 0) is 59.5 Å². The average Bonchev–Trinajstić information content (AvgIpc) is 3.00. The number of amides is 1. The Hall–Kier alpha value is -3.47. The van der Waals surface area contributed by atoms with Crippen molar-refractivity contribution in [1.82, 2.24) is 0 Å². The second-order valence-electron chi connectivity index (χ2n) is 6.42. The first kappa shape index (κ1) is 21.2. The van der Waals surface area contributed by atoms with Gasteiger partial charge in [0.25, 0.3) is 5.24 Å². The summed E-state index contributed by atoms with van der Waals surface area (Å²) in [6, 6.07) is 15.2. The molecule has 0 saturated carbocycles. The van der Waals surface area contributed by atoms with Crippen LogP contribution in [0.3, 0.4) is 0 Å². The molecule has 0 bridgehead atoms. The fraction of sp³-hybridized carbons (Fsp3) is 0.125. The van der Waals surface area contributed by atoms with Crippen LogP contribution in [0.2, 0.25) is 0 Å². The normalized spacial score (nSPS) is 13.6. The molecule has 1 atom stereocenters. The molecule has 1 unspecified atom stereocenters. The minimum atomic E-state index is -0.563. The molecule has 6 heteroatoms. The number of thioether (sulfide) groups is 1. The molecule has 0 fully saturated rings. The Kier molecular flexibility index (Phi) is 7.33. The minimum Gasteiger partial charge on any atom is -0.497 e. The van der Waals surface area contributed by atoms with Crippen molar-refractivity contribution in [3.63, 3.8) is 0 Å². The number of allylic oxidation sites excluding steroid dienone is 4. The molecule has 2 aromatic rings. The van der Waals surface area contributed by atoms with Gasteiger partial charge in [0.05, 0.1) is 12.4 Å². The lowest BCUT2D eigenvalue weighted by Gasteiger charge is -2.10. The second-order valence-corrected chi connectivity index (χ2v) is 7.67. The van der Waals surface area contributed by atoms with E-state index in [1.807, 2.05) is 66.8 Å². The quantitative estimate of drug-likeness (QED) is 0.496. The topological polar surface area (TPSA) is 78.6 Å². The summed E-state index contributed by atoms with van der Waals surface area (Å²) >= 11 is 0.829. The molecule has 2 N–H and O–H groups in total. The van der Waals surface area contributed by atoms with Crippen molar-refractivity contribution in [2.45, 2.75) is 11.7 Å². The lowest BCUT2D eigenvalue weighted by atomic mass is 10.0. The highest BCUT2D eigenvalue weighted by Crippen LogP contribution is 2.24. The van der Waals surface area contributed by atoms with Gasteiger partial charge in [-0.2, -0.15) is 0 Å². The van der Waals surface area contributed by atoms with Gasteiger partial charge in [-0.1, -0.05) is 53.9 Å². The van der Waals surface area contributed by atoms with Gasteiger partial charge < -0.3 is 20.0 Å². The lowest BCUT2D eigenvalue weighted by Crippen LogP contribution is -2.15. The van der Waals surface area contributed by atoms with Gasteiger partial charge >= 0.3 is 0 Å². The SMILES string of the molecule is COc1ccc(C2=CC(Oc3ccc(CC(C=O)SC(N)=O)cc3)=C=CC=C2)cc1. The number of carbonyl (C=O) groups excluding carboxylic acids is 2. The third-order valence-corrected chi connectivity index (χ3v) is 5.13. The van der Waals surface area contributed by atoms with E-state index >= 15 is 0 Å². The Bertz CT molecular complexity index is 1030. The molecule has 0 aromatic heterocycles. The zero-order valence-electron chi connectivity index (χ0n) is 16.4. The third-order valence-electron chi connectivity index (χ3n) is 4.31. The van der Waals surface area contributed by atoms with Gasteiger partial charge in [-0.15, -0.1) is 0 Å². The summed E-state index contributed by atoms with van der Waals surface area (Å²) in [5, 5.41) is -1.06. The number of carbonyl (C=O) groups is 2. The van der Waals surface area contributed by atoms with Crippen molar-refractivity contribution in [3.8, 4) is 11.5 Å². The predicted molar refractivity (Wildman–Crippen MR) is 120 cm³/mol. The molecule has 1 amide bonds. The molecule has 1 aliphatic carbocycles. The van der Waals surface area contributed by atoms with Crippen molar-refractivity contribution in [2.75, 3.05) is 7.11 Å². The van der Waals surface area contributed by atoms with Crippen LogP contribution in [-0.2, 0) is 11.2 Å². The largest absolute Gasteiger partial charge is 0.497 e. The lowest BCUT2D eigenvalue weighted by molar-refractivity contribution is -0.107. The standard InChI is InChI=1S/C24H21NO4S/c1-28-20-12-8-18(9-13-20)19-4-2-3-5-22(15-19)29-21-10-6-17(7-11-21)14-23(16-26)30-24(25)27/h2-4,6-13,15-16,23H,14H2,1H3,(H2,25,27). The molecular formula is C24H21NO4S. The van der Waals surface area contributed by atoms with Crippen LogP contribution in [0.5, 0.6) is 11.5 Å². The van der Waals surface area contributed by atoms with Crippen LogP contribution < -0.4 is 15.2 Å². The van der Waals surface area contributed by atoms with Crippen molar-refractivity contribution in [1.29, 1.82) is 0 Å². The van der Waals surface area contributed by atoms with Crippen LogP contribution in [0.15, 0.2) is 84.3 Å². The van der Waals surface area contributed by atoms with E-state index in [0.717, 1.165) is 40.5 Å². The monoisotopic (exact) mass is 419 g/mol. The van der Waals surface area contributed by atoms with Gasteiger partial charge in [0.1, 0.15) is 17.8 Å². The number of benzene rings is 2. The van der Waals surface area contributed by atoms with Crippen LogP contribution in [0.4, 0.5) is 4.79 Å². The van der Waals surface area contributed by atoms with E-state index in [2.05, 4.69) is 5.73 Å². The molecule has 152 valence electrons. The Morgan fingerprint density at radius 3 is 2.47 bits per heavy atom. The Morgan fingerprint density at radius 2 is 1.83 bits per heavy atom. The summed E-state index contributed by atoms with van der Waals surface area (Å²) in [6.07, 6.45) is 8.77. The van der Waals surface area contributed by atoms with E-state index in [1.54, 1.807) is 13.2 Å². The zero-order chi connectivity index (χ0) is 21.3. The van der Waals surface area contributed by atoms with Crippen LogP contribution >= 0.6 is 11.8 Å². The Morgan fingerprint density at radius 1 is 1.13 bits per heavy atom. The molecule has 3 rings (SSSR count). The van der Waals surface area contributed by atoms with E-state index < -0.39 is 10.5 Å². The molecular weight excluding hydrogens is 398 g/mol. The van der Waals surface area contributed by atoms with Crippen molar-refractivity contribution in [2.24, 2.45) is 5.73 Å². The number of rotatable bonds is 8. The first-order valence-electron chi connectivity index (χ1n) is 9.25. The fourth-order valence-electron chi connectivity index (χ4n) is 2.85. The first-order chi connectivity index (χ1) is 14.6. The smallest absolute Gasteiger partial charge is 0.277 e. The number of nitrogens with two attached hydrogens (primary N) is 1. The number of ether oxygens (including phenoxy) is 2. The maximum absolute atomic E-state index is 11.1. The molecule has 0 aliphatic heterocycles. The molecule has 0 radical (unpaired) electrons.